The highest BCUT2D eigenvalue weighted by Gasteiger charge is 2.28. The molecule has 0 saturated carbocycles. The summed E-state index contributed by atoms with van der Waals surface area (Å²) in [6, 6.07) is 5.10. The maximum atomic E-state index is 13.2. The van der Waals surface area contributed by atoms with E-state index in [0.29, 0.717) is 30.9 Å². The summed E-state index contributed by atoms with van der Waals surface area (Å²) in [6.07, 6.45) is 3.65. The van der Waals surface area contributed by atoms with Crippen LogP contribution in [0.25, 0.3) is 0 Å². The highest BCUT2D eigenvalue weighted by Crippen LogP contribution is 2.31. The standard InChI is InChI=1S/C25H38N4O5/c1-25(2,3)34-24(32)27(4)16-18-9-8-14-29(17-18)23(31)26-20-15-19(22(30)33-5)10-11-21(20)28-12-6-7-13-28/h10-11,15,18H,6-9,12-14,16-17H2,1-5H3,(H,26,31). The third-order valence-electron chi connectivity index (χ3n) is 6.15. The van der Waals surface area contributed by atoms with Crippen molar-refractivity contribution >= 4 is 29.5 Å². The van der Waals surface area contributed by atoms with Gasteiger partial charge in [0, 0.05) is 39.8 Å². The van der Waals surface area contributed by atoms with Gasteiger partial charge in [0.05, 0.1) is 24.0 Å². The second kappa shape index (κ2) is 11.0. The summed E-state index contributed by atoms with van der Waals surface area (Å²) in [7, 11) is 3.07. The minimum atomic E-state index is -0.546. The maximum absolute atomic E-state index is 13.2. The lowest BCUT2D eigenvalue weighted by Gasteiger charge is -2.35. The van der Waals surface area contributed by atoms with E-state index in [1.165, 1.54) is 7.11 Å². The molecule has 2 saturated heterocycles. The number of methoxy groups -OCH3 is 1. The van der Waals surface area contributed by atoms with Gasteiger partial charge in [0.15, 0.2) is 0 Å². The number of anilines is 2. The van der Waals surface area contributed by atoms with E-state index in [4.69, 9.17) is 9.47 Å². The molecule has 2 fully saturated rings. The summed E-state index contributed by atoms with van der Waals surface area (Å²) in [4.78, 5) is 43.2. The average Bonchev–Trinajstić information content (AvgIpc) is 3.32. The lowest BCUT2D eigenvalue weighted by molar-refractivity contribution is 0.0253. The second-order valence-electron chi connectivity index (χ2n) is 10.2. The lowest BCUT2D eigenvalue weighted by atomic mass is 9.98. The Hall–Kier alpha value is -2.97. The normalized spacial score (nSPS) is 18.4. The predicted octanol–water partition coefficient (Wildman–Crippen LogP) is 4.18. The van der Waals surface area contributed by atoms with Crippen molar-refractivity contribution in [3.8, 4) is 0 Å². The number of hydrogen-bond acceptors (Lipinski definition) is 6. The fourth-order valence-corrected chi connectivity index (χ4v) is 4.51. The van der Waals surface area contributed by atoms with Crippen LogP contribution >= 0.6 is 0 Å². The Balaban J connectivity index is 1.67. The van der Waals surface area contributed by atoms with Crippen LogP contribution in [0.2, 0.25) is 0 Å². The Morgan fingerprint density at radius 3 is 2.47 bits per heavy atom. The first-order chi connectivity index (χ1) is 16.1. The van der Waals surface area contributed by atoms with Crippen molar-refractivity contribution in [2.75, 3.05) is 57.1 Å². The quantitative estimate of drug-likeness (QED) is 0.644. The van der Waals surface area contributed by atoms with Crippen molar-refractivity contribution in [3.63, 3.8) is 0 Å². The zero-order chi connectivity index (χ0) is 24.9. The minimum absolute atomic E-state index is 0.163. The number of carbonyl (C=O) groups is 3. The number of carbonyl (C=O) groups excluding carboxylic acids is 3. The molecular weight excluding hydrogens is 436 g/mol. The van der Waals surface area contributed by atoms with Crippen LogP contribution in [-0.2, 0) is 9.47 Å². The van der Waals surface area contributed by atoms with E-state index in [1.807, 2.05) is 26.8 Å². The van der Waals surface area contributed by atoms with Crippen LogP contribution in [0.1, 0.15) is 56.8 Å². The molecule has 188 valence electrons. The number of esters is 1. The number of nitrogens with zero attached hydrogens (tertiary/aromatic N) is 3. The summed E-state index contributed by atoms with van der Waals surface area (Å²) < 4.78 is 10.3. The Morgan fingerprint density at radius 2 is 1.82 bits per heavy atom. The lowest BCUT2D eigenvalue weighted by Crippen LogP contribution is -2.46. The summed E-state index contributed by atoms with van der Waals surface area (Å²) in [5.74, 6) is -0.275. The van der Waals surface area contributed by atoms with Gasteiger partial charge in [-0.2, -0.15) is 0 Å². The summed E-state index contributed by atoms with van der Waals surface area (Å²) in [5.41, 5.74) is 1.38. The smallest absolute Gasteiger partial charge is 0.410 e. The van der Waals surface area contributed by atoms with Crippen LogP contribution in [0.15, 0.2) is 18.2 Å². The Kier molecular flexibility index (Phi) is 8.28. The molecule has 0 radical (unpaired) electrons. The van der Waals surface area contributed by atoms with Crippen molar-refractivity contribution in [2.24, 2.45) is 5.92 Å². The van der Waals surface area contributed by atoms with Crippen molar-refractivity contribution in [3.05, 3.63) is 23.8 Å². The van der Waals surface area contributed by atoms with Crippen molar-refractivity contribution in [1.82, 2.24) is 9.80 Å². The van der Waals surface area contributed by atoms with Gasteiger partial charge >= 0.3 is 18.1 Å². The molecule has 1 aromatic rings. The Labute approximate surface area is 202 Å². The van der Waals surface area contributed by atoms with Gasteiger partial charge < -0.3 is 29.5 Å². The number of hydrogen-bond donors (Lipinski definition) is 1. The van der Waals surface area contributed by atoms with E-state index < -0.39 is 11.6 Å². The maximum Gasteiger partial charge on any atom is 0.410 e. The molecule has 9 nitrogen and oxygen atoms in total. The van der Waals surface area contributed by atoms with E-state index in [1.54, 1.807) is 29.0 Å². The summed E-state index contributed by atoms with van der Waals surface area (Å²) >= 11 is 0. The molecule has 1 N–H and O–H groups in total. The number of nitrogens with one attached hydrogen (secondary N) is 1. The minimum Gasteiger partial charge on any atom is -0.465 e. The molecule has 0 spiro atoms. The van der Waals surface area contributed by atoms with Crippen LogP contribution in [0.3, 0.4) is 0 Å². The third-order valence-corrected chi connectivity index (χ3v) is 6.15. The van der Waals surface area contributed by atoms with Gasteiger partial charge in [-0.1, -0.05) is 0 Å². The average molecular weight is 475 g/mol. The summed E-state index contributed by atoms with van der Waals surface area (Å²) in [5, 5.41) is 3.04. The first-order valence-corrected chi connectivity index (χ1v) is 12.0. The van der Waals surface area contributed by atoms with E-state index >= 15 is 0 Å². The third kappa shape index (κ3) is 6.77. The van der Waals surface area contributed by atoms with E-state index in [2.05, 4.69) is 10.2 Å². The van der Waals surface area contributed by atoms with Crippen LogP contribution in [-0.4, -0.2) is 80.4 Å². The molecular formula is C25H38N4O5. The Morgan fingerprint density at radius 1 is 1.12 bits per heavy atom. The van der Waals surface area contributed by atoms with E-state index in [9.17, 15) is 14.4 Å². The molecule has 3 amide bonds. The number of benzene rings is 1. The van der Waals surface area contributed by atoms with Gasteiger partial charge in [-0.3, -0.25) is 0 Å². The number of urea groups is 1. The molecule has 2 heterocycles. The number of rotatable bonds is 5. The molecule has 0 bridgehead atoms. The number of amides is 3. The zero-order valence-electron chi connectivity index (χ0n) is 21.1. The highest BCUT2D eigenvalue weighted by atomic mass is 16.6. The molecule has 0 aliphatic carbocycles. The van der Waals surface area contributed by atoms with Crippen LogP contribution in [0.4, 0.5) is 21.0 Å². The zero-order valence-corrected chi connectivity index (χ0v) is 21.1. The van der Waals surface area contributed by atoms with E-state index in [0.717, 1.165) is 44.5 Å². The first kappa shape index (κ1) is 25.6. The van der Waals surface area contributed by atoms with Gasteiger partial charge in [-0.05, 0) is 70.6 Å². The second-order valence-corrected chi connectivity index (χ2v) is 10.2. The van der Waals surface area contributed by atoms with Crippen LogP contribution in [0.5, 0.6) is 0 Å². The number of likely N-dealkylation sites (tertiary alicyclic amines) is 1. The van der Waals surface area contributed by atoms with Gasteiger partial charge in [0.1, 0.15) is 5.60 Å². The topological polar surface area (TPSA) is 91.4 Å². The number of piperidine rings is 1. The SMILES string of the molecule is COC(=O)c1ccc(N2CCCC2)c(NC(=O)N2CCCC(CN(C)C(=O)OC(C)(C)C)C2)c1. The predicted molar refractivity (Wildman–Crippen MR) is 131 cm³/mol. The van der Waals surface area contributed by atoms with Crippen LogP contribution < -0.4 is 10.2 Å². The molecule has 2 aliphatic heterocycles. The van der Waals surface area contributed by atoms with Gasteiger partial charge in [0.2, 0.25) is 0 Å². The monoisotopic (exact) mass is 474 g/mol. The fraction of sp³-hybridized carbons (Fsp3) is 0.640. The van der Waals surface area contributed by atoms with E-state index in [-0.39, 0.29) is 18.0 Å². The van der Waals surface area contributed by atoms with Crippen molar-refractivity contribution in [2.45, 2.75) is 52.1 Å². The first-order valence-electron chi connectivity index (χ1n) is 12.0. The number of ether oxygens (including phenoxy) is 2. The highest BCUT2D eigenvalue weighted by molar-refractivity contribution is 5.97. The van der Waals surface area contributed by atoms with Crippen LogP contribution in [0, 0.1) is 5.92 Å². The van der Waals surface area contributed by atoms with Crippen molar-refractivity contribution < 1.29 is 23.9 Å². The molecule has 1 unspecified atom stereocenters. The van der Waals surface area contributed by atoms with Gasteiger partial charge in [-0.15, -0.1) is 0 Å². The largest absolute Gasteiger partial charge is 0.465 e. The molecule has 1 atom stereocenters. The van der Waals surface area contributed by atoms with Gasteiger partial charge in [-0.25, -0.2) is 14.4 Å². The fourth-order valence-electron chi connectivity index (χ4n) is 4.51. The molecule has 34 heavy (non-hydrogen) atoms. The molecule has 1 aromatic carbocycles. The molecule has 3 rings (SSSR count). The van der Waals surface area contributed by atoms with Crippen molar-refractivity contribution in [1.29, 1.82) is 0 Å². The Bertz CT molecular complexity index is 892. The molecule has 9 heteroatoms. The summed E-state index contributed by atoms with van der Waals surface area (Å²) in [6.45, 7) is 9.09. The molecule has 0 aromatic heterocycles. The van der Waals surface area contributed by atoms with Gasteiger partial charge in [0.25, 0.3) is 0 Å². The molecule has 2 aliphatic rings.